The van der Waals surface area contributed by atoms with Gasteiger partial charge in [-0.1, -0.05) is 24.3 Å². The summed E-state index contributed by atoms with van der Waals surface area (Å²) in [6.45, 7) is 6.85. The Hall–Kier alpha value is -2.57. The van der Waals surface area contributed by atoms with Gasteiger partial charge in [0.2, 0.25) is 0 Å². The average Bonchev–Trinajstić information content (AvgIpc) is 2.95. The SMILES string of the molecule is CCOC(=O)C1CCC(N2CCCC(c3ccc(O)cc3)C2)CC1.Oc1ccc(C2CCCNC2)cc1. The highest BCUT2D eigenvalue weighted by Crippen LogP contribution is 2.34. The number of nitrogens with one attached hydrogen (secondary N) is 1. The lowest BCUT2D eigenvalue weighted by Gasteiger charge is -2.41. The minimum Gasteiger partial charge on any atom is -0.508 e. The summed E-state index contributed by atoms with van der Waals surface area (Å²) in [6, 6.07) is 15.9. The van der Waals surface area contributed by atoms with E-state index in [1.165, 1.54) is 43.4 Å². The van der Waals surface area contributed by atoms with Crippen molar-refractivity contribution in [1.82, 2.24) is 10.2 Å². The molecule has 3 N–H and O–H groups in total. The first-order chi connectivity index (χ1) is 18.0. The highest BCUT2D eigenvalue weighted by molar-refractivity contribution is 5.72. The highest BCUT2D eigenvalue weighted by atomic mass is 16.5. The molecule has 3 aliphatic rings. The number of ether oxygens (including phenoxy) is 1. The van der Waals surface area contributed by atoms with Gasteiger partial charge < -0.3 is 20.3 Å². The molecule has 37 heavy (non-hydrogen) atoms. The van der Waals surface area contributed by atoms with Gasteiger partial charge in [0.1, 0.15) is 11.5 Å². The van der Waals surface area contributed by atoms with Gasteiger partial charge in [0.15, 0.2) is 0 Å². The number of phenols is 2. The average molecular weight is 509 g/mol. The fraction of sp³-hybridized carbons (Fsp3) is 0.581. The molecule has 6 nitrogen and oxygen atoms in total. The lowest BCUT2D eigenvalue weighted by Crippen LogP contribution is -2.44. The second kappa shape index (κ2) is 13.8. The Bertz CT molecular complexity index is 948. The van der Waals surface area contributed by atoms with E-state index < -0.39 is 0 Å². The molecule has 1 aliphatic carbocycles. The first kappa shape index (κ1) is 27.5. The first-order valence-corrected chi connectivity index (χ1v) is 14.2. The molecule has 1 saturated carbocycles. The molecule has 2 heterocycles. The first-order valence-electron chi connectivity index (χ1n) is 14.2. The van der Waals surface area contributed by atoms with Crippen molar-refractivity contribution < 1.29 is 19.7 Å². The Morgan fingerprint density at radius 3 is 2.03 bits per heavy atom. The summed E-state index contributed by atoms with van der Waals surface area (Å²) in [5.41, 5.74) is 2.67. The van der Waals surface area contributed by atoms with Gasteiger partial charge in [-0.25, -0.2) is 0 Å². The fourth-order valence-electron chi connectivity index (χ4n) is 6.18. The molecule has 2 saturated heterocycles. The van der Waals surface area contributed by atoms with Gasteiger partial charge in [0, 0.05) is 19.1 Å². The zero-order valence-corrected chi connectivity index (χ0v) is 22.3. The number of carbonyl (C=O) groups is 1. The van der Waals surface area contributed by atoms with Gasteiger partial charge in [-0.15, -0.1) is 0 Å². The summed E-state index contributed by atoms with van der Waals surface area (Å²) in [4.78, 5) is 14.5. The van der Waals surface area contributed by atoms with Gasteiger partial charge in [-0.3, -0.25) is 9.69 Å². The summed E-state index contributed by atoms with van der Waals surface area (Å²) in [6.07, 6.45) is 9.09. The van der Waals surface area contributed by atoms with Crippen LogP contribution >= 0.6 is 0 Å². The van der Waals surface area contributed by atoms with E-state index in [2.05, 4.69) is 22.3 Å². The molecule has 2 atom stereocenters. The number of esters is 1. The van der Waals surface area contributed by atoms with Crippen LogP contribution in [0.15, 0.2) is 48.5 Å². The second-order valence-electron chi connectivity index (χ2n) is 10.8. The molecule has 0 bridgehead atoms. The van der Waals surface area contributed by atoms with Crippen LogP contribution in [-0.2, 0) is 9.53 Å². The molecule has 0 spiro atoms. The third-order valence-corrected chi connectivity index (χ3v) is 8.31. The fourth-order valence-corrected chi connectivity index (χ4v) is 6.18. The maximum absolute atomic E-state index is 11.9. The zero-order chi connectivity index (χ0) is 26.0. The maximum Gasteiger partial charge on any atom is 0.308 e. The number of likely N-dealkylation sites (tertiary alicyclic amines) is 1. The van der Waals surface area contributed by atoms with Crippen LogP contribution in [0.2, 0.25) is 0 Å². The summed E-state index contributed by atoms with van der Waals surface area (Å²) < 4.78 is 5.17. The predicted octanol–water partition coefficient (Wildman–Crippen LogP) is 5.55. The van der Waals surface area contributed by atoms with E-state index in [-0.39, 0.29) is 11.9 Å². The maximum atomic E-state index is 11.9. The Labute approximate surface area is 222 Å². The summed E-state index contributed by atoms with van der Waals surface area (Å²) in [5, 5.41) is 22.0. The number of rotatable bonds is 5. The van der Waals surface area contributed by atoms with Gasteiger partial charge >= 0.3 is 5.97 Å². The molecule has 0 radical (unpaired) electrons. The second-order valence-corrected chi connectivity index (χ2v) is 10.8. The smallest absolute Gasteiger partial charge is 0.308 e. The van der Waals surface area contributed by atoms with Crippen molar-refractivity contribution in [3.63, 3.8) is 0 Å². The van der Waals surface area contributed by atoms with Crippen LogP contribution in [0.3, 0.4) is 0 Å². The summed E-state index contributed by atoms with van der Waals surface area (Å²) in [5.74, 6) is 1.99. The van der Waals surface area contributed by atoms with E-state index in [1.807, 2.05) is 19.1 Å². The normalized spacial score (nSPS) is 26.5. The highest BCUT2D eigenvalue weighted by Gasteiger charge is 2.32. The molecular formula is C31H44N2O4. The molecule has 0 aromatic heterocycles. The largest absolute Gasteiger partial charge is 0.508 e. The standard InChI is InChI=1S/C20H29NO3.C11H15NO/c1-2-24-20(23)16-5-9-18(10-6-16)21-13-3-4-17(14-21)15-7-11-19(22)12-8-15;13-11-5-3-9(4-6-11)10-2-1-7-12-8-10/h7-8,11-12,16-18,22H,2-6,9-10,13-14H2,1H3;3-6,10,12-13H,1-2,7-8H2. The third-order valence-electron chi connectivity index (χ3n) is 8.31. The van der Waals surface area contributed by atoms with Crippen LogP contribution in [0.1, 0.15) is 81.3 Å². The van der Waals surface area contributed by atoms with Gasteiger partial charge in [-0.2, -0.15) is 0 Å². The molecule has 6 heteroatoms. The Morgan fingerprint density at radius 1 is 0.865 bits per heavy atom. The van der Waals surface area contributed by atoms with Crippen molar-refractivity contribution in [3.05, 3.63) is 59.7 Å². The quantitative estimate of drug-likeness (QED) is 0.459. The van der Waals surface area contributed by atoms with Gasteiger partial charge in [-0.05, 0) is 119 Å². The Morgan fingerprint density at radius 2 is 1.46 bits per heavy atom. The molecule has 3 fully saturated rings. The van der Waals surface area contributed by atoms with Gasteiger partial charge in [0.05, 0.1) is 12.5 Å². The van der Waals surface area contributed by atoms with Crippen molar-refractivity contribution in [2.75, 3.05) is 32.8 Å². The Balaban J connectivity index is 0.000000207. The Kier molecular flexibility index (Phi) is 10.3. The van der Waals surface area contributed by atoms with Crippen molar-refractivity contribution in [2.45, 2.75) is 76.2 Å². The van der Waals surface area contributed by atoms with Gasteiger partial charge in [0.25, 0.3) is 0 Å². The van der Waals surface area contributed by atoms with Crippen molar-refractivity contribution in [1.29, 1.82) is 0 Å². The molecule has 2 unspecified atom stereocenters. The monoisotopic (exact) mass is 508 g/mol. The number of piperidine rings is 2. The van der Waals surface area contributed by atoms with Crippen LogP contribution in [0.4, 0.5) is 0 Å². The third kappa shape index (κ3) is 7.96. The minimum atomic E-state index is -0.00318. The van der Waals surface area contributed by atoms with Crippen LogP contribution in [-0.4, -0.2) is 59.9 Å². The van der Waals surface area contributed by atoms with E-state index in [4.69, 9.17) is 9.84 Å². The zero-order valence-electron chi connectivity index (χ0n) is 22.3. The lowest BCUT2D eigenvalue weighted by atomic mass is 9.83. The van der Waals surface area contributed by atoms with Crippen molar-refractivity contribution in [3.8, 4) is 11.5 Å². The van der Waals surface area contributed by atoms with E-state index >= 15 is 0 Å². The van der Waals surface area contributed by atoms with Crippen molar-refractivity contribution in [2.24, 2.45) is 5.92 Å². The van der Waals surface area contributed by atoms with E-state index in [9.17, 15) is 9.90 Å². The molecule has 2 aromatic rings. The number of aromatic hydroxyl groups is 2. The number of hydrogen-bond acceptors (Lipinski definition) is 6. The number of benzene rings is 2. The number of carbonyl (C=O) groups excluding carboxylic acids is 1. The van der Waals surface area contributed by atoms with Crippen LogP contribution in [0.5, 0.6) is 11.5 Å². The molecular weight excluding hydrogens is 464 g/mol. The molecule has 2 aliphatic heterocycles. The van der Waals surface area contributed by atoms with Crippen LogP contribution in [0, 0.1) is 5.92 Å². The lowest BCUT2D eigenvalue weighted by molar-refractivity contribution is -0.149. The molecule has 5 rings (SSSR count). The van der Waals surface area contributed by atoms with E-state index in [0.717, 1.165) is 45.3 Å². The topological polar surface area (TPSA) is 82.0 Å². The number of phenolic OH excluding ortho intramolecular Hbond substituents is 2. The van der Waals surface area contributed by atoms with E-state index in [1.54, 1.807) is 24.3 Å². The van der Waals surface area contributed by atoms with E-state index in [0.29, 0.717) is 36.0 Å². The molecule has 202 valence electrons. The minimum absolute atomic E-state index is 0.00318. The van der Waals surface area contributed by atoms with Crippen LogP contribution in [0.25, 0.3) is 0 Å². The molecule has 0 amide bonds. The number of nitrogens with zero attached hydrogens (tertiary/aromatic N) is 1. The van der Waals surface area contributed by atoms with Crippen molar-refractivity contribution >= 4 is 5.97 Å². The summed E-state index contributed by atoms with van der Waals surface area (Å²) >= 11 is 0. The van der Waals surface area contributed by atoms with Crippen LogP contribution < -0.4 is 5.32 Å². The predicted molar refractivity (Wildman–Crippen MR) is 147 cm³/mol. The summed E-state index contributed by atoms with van der Waals surface area (Å²) in [7, 11) is 0. The molecule has 2 aromatic carbocycles. The number of hydrogen-bond donors (Lipinski definition) is 3.